The van der Waals surface area contributed by atoms with E-state index >= 15 is 0 Å². The zero-order valence-corrected chi connectivity index (χ0v) is 30.2. The van der Waals surface area contributed by atoms with Gasteiger partial charge in [0.15, 0.2) is 17.5 Å². The first kappa shape index (κ1) is 31.8. The van der Waals surface area contributed by atoms with Crippen molar-refractivity contribution in [3.05, 3.63) is 194 Å². The van der Waals surface area contributed by atoms with Gasteiger partial charge in [-0.25, -0.2) is 19.9 Å². The lowest BCUT2D eigenvalue weighted by atomic mass is 9.97. The van der Waals surface area contributed by atoms with Crippen molar-refractivity contribution in [2.45, 2.75) is 0 Å². The van der Waals surface area contributed by atoms with Gasteiger partial charge in [-0.3, -0.25) is 9.47 Å². The average molecular weight is 717 g/mol. The molecule has 1 aliphatic heterocycles. The van der Waals surface area contributed by atoms with Crippen LogP contribution in [-0.4, -0.2) is 24.5 Å². The summed E-state index contributed by atoms with van der Waals surface area (Å²) in [6, 6.07) is 67.6. The van der Waals surface area contributed by atoms with Crippen LogP contribution in [-0.2, 0) is 0 Å². The molecule has 8 aromatic carbocycles. The highest BCUT2D eigenvalue weighted by Crippen LogP contribution is 2.49. The summed E-state index contributed by atoms with van der Waals surface area (Å²) in [5.74, 6) is 2.73. The predicted molar refractivity (Wildman–Crippen MR) is 227 cm³/mol. The van der Waals surface area contributed by atoms with E-state index in [2.05, 4.69) is 143 Å². The van der Waals surface area contributed by atoms with Crippen molar-refractivity contribution in [2.24, 2.45) is 0 Å². The van der Waals surface area contributed by atoms with Gasteiger partial charge in [-0.05, 0) is 70.4 Å². The predicted octanol–water partition coefficient (Wildman–Crippen LogP) is 12.5. The summed E-state index contributed by atoms with van der Waals surface area (Å²) in [6.07, 6.45) is 0. The molecule has 0 N–H and O–H groups in total. The summed E-state index contributed by atoms with van der Waals surface area (Å²) in [5.41, 5.74) is 12.4. The van der Waals surface area contributed by atoms with E-state index in [1.807, 2.05) is 60.7 Å². The zero-order chi connectivity index (χ0) is 37.0. The van der Waals surface area contributed by atoms with E-state index in [0.717, 1.165) is 73.0 Å². The Kier molecular flexibility index (Phi) is 7.38. The molecule has 10 aromatic rings. The lowest BCUT2D eigenvalue weighted by molar-refractivity contribution is 1.05. The highest BCUT2D eigenvalue weighted by atomic mass is 15.3. The van der Waals surface area contributed by atoms with Crippen molar-refractivity contribution in [3.63, 3.8) is 0 Å². The highest BCUT2D eigenvalue weighted by molar-refractivity contribution is 6.02. The molecule has 0 atom stereocenters. The molecule has 0 aliphatic carbocycles. The normalized spacial score (nSPS) is 11.9. The number of hydrogen-bond donors (Lipinski definition) is 0. The monoisotopic (exact) mass is 716 g/mol. The second-order valence-corrected chi connectivity index (χ2v) is 14.0. The van der Waals surface area contributed by atoms with Gasteiger partial charge in [0.05, 0.1) is 22.4 Å². The second-order valence-electron chi connectivity index (χ2n) is 14.0. The van der Waals surface area contributed by atoms with Crippen LogP contribution >= 0.6 is 0 Å². The molecule has 0 fully saturated rings. The number of para-hydroxylation sites is 3. The molecule has 0 radical (unpaired) electrons. The molecular formula is C50H32N6. The van der Waals surface area contributed by atoms with Gasteiger partial charge in [0.25, 0.3) is 0 Å². The van der Waals surface area contributed by atoms with E-state index in [4.69, 9.17) is 19.9 Å². The summed E-state index contributed by atoms with van der Waals surface area (Å²) in [4.78, 5) is 22.6. The second kappa shape index (κ2) is 13.0. The van der Waals surface area contributed by atoms with Gasteiger partial charge in [0, 0.05) is 33.5 Å². The molecule has 262 valence electrons. The quantitative estimate of drug-likeness (QED) is 0.177. The first-order valence-corrected chi connectivity index (χ1v) is 18.7. The number of rotatable bonds is 5. The van der Waals surface area contributed by atoms with Gasteiger partial charge in [-0.15, -0.1) is 0 Å². The summed E-state index contributed by atoms with van der Waals surface area (Å²) < 4.78 is 2.30. The molecule has 0 unspecified atom stereocenters. The van der Waals surface area contributed by atoms with Gasteiger partial charge in [-0.2, -0.15) is 0 Å². The molecule has 1 aliphatic rings. The van der Waals surface area contributed by atoms with Crippen molar-refractivity contribution in [2.75, 3.05) is 4.90 Å². The van der Waals surface area contributed by atoms with Crippen molar-refractivity contribution in [3.8, 4) is 62.1 Å². The number of fused-ring (bicyclic) bond motifs is 8. The minimum Gasteiger partial charge on any atom is -0.280 e. The van der Waals surface area contributed by atoms with E-state index in [-0.39, 0.29) is 0 Å². The third kappa shape index (κ3) is 5.35. The number of imidazole rings is 1. The van der Waals surface area contributed by atoms with Gasteiger partial charge in [-0.1, -0.05) is 146 Å². The number of anilines is 3. The molecule has 0 saturated heterocycles. The van der Waals surface area contributed by atoms with E-state index in [1.165, 1.54) is 10.8 Å². The van der Waals surface area contributed by atoms with Crippen LogP contribution in [0.25, 0.3) is 83.9 Å². The molecule has 0 spiro atoms. The Morgan fingerprint density at radius 1 is 0.339 bits per heavy atom. The Labute approximate surface area is 323 Å². The molecule has 0 amide bonds. The maximum absolute atomic E-state index is 5.34. The molecule has 6 nitrogen and oxygen atoms in total. The van der Waals surface area contributed by atoms with Crippen molar-refractivity contribution in [1.82, 2.24) is 24.5 Å². The summed E-state index contributed by atoms with van der Waals surface area (Å²) in [5, 5.41) is 2.37. The highest BCUT2D eigenvalue weighted by Gasteiger charge is 2.29. The third-order valence-electron chi connectivity index (χ3n) is 10.5. The maximum Gasteiger partial charge on any atom is 0.220 e. The molecule has 56 heavy (non-hydrogen) atoms. The van der Waals surface area contributed by atoms with E-state index < -0.39 is 0 Å². The van der Waals surface area contributed by atoms with Gasteiger partial charge < -0.3 is 0 Å². The molecule has 2 aromatic heterocycles. The first-order chi connectivity index (χ1) is 27.7. The summed E-state index contributed by atoms with van der Waals surface area (Å²) in [6.45, 7) is 0. The fraction of sp³-hybridized carbons (Fsp3) is 0. The molecular weight excluding hydrogens is 685 g/mol. The van der Waals surface area contributed by atoms with E-state index in [9.17, 15) is 0 Å². The SMILES string of the molecule is c1ccc(-c2nc(-c3ccccc3)nc(-c3cccc(-c4cccc(N5c6cc7ccccc7cc6-c6ccccc6-n6c5nc5ccccc56)c4)c3)n2)cc1. The maximum atomic E-state index is 5.34. The average Bonchev–Trinajstić information content (AvgIpc) is 3.60. The summed E-state index contributed by atoms with van der Waals surface area (Å²) in [7, 11) is 0. The molecule has 6 heteroatoms. The smallest absolute Gasteiger partial charge is 0.220 e. The van der Waals surface area contributed by atoms with Crippen molar-refractivity contribution in [1.29, 1.82) is 0 Å². The van der Waals surface area contributed by atoms with E-state index in [0.29, 0.717) is 17.5 Å². The van der Waals surface area contributed by atoms with Gasteiger partial charge in [0.1, 0.15) is 0 Å². The van der Waals surface area contributed by atoms with Crippen molar-refractivity contribution < 1.29 is 0 Å². The molecule has 0 saturated carbocycles. The third-order valence-corrected chi connectivity index (χ3v) is 10.5. The number of nitrogens with zero attached hydrogens (tertiary/aromatic N) is 6. The lowest BCUT2D eigenvalue weighted by Crippen LogP contribution is -2.14. The Morgan fingerprint density at radius 3 is 1.64 bits per heavy atom. The van der Waals surface area contributed by atoms with Crippen LogP contribution in [0.3, 0.4) is 0 Å². The zero-order valence-electron chi connectivity index (χ0n) is 30.2. The molecule has 11 rings (SSSR count). The fourth-order valence-corrected chi connectivity index (χ4v) is 7.89. The Hall–Kier alpha value is -7.70. The standard InChI is InChI=1S/C50H32N6/c1-3-15-33(16-4-1)47-52-48(34-17-5-2-6-18-34)54-49(53-47)39-23-13-21-35(29-39)36-22-14-24-40(30-36)55-46-32-38-20-8-7-19-37(38)31-42(46)41-25-9-11-27-44(41)56-45-28-12-10-26-43(45)51-50(55)56/h1-32H. The number of hydrogen-bond acceptors (Lipinski definition) is 5. The Balaban J connectivity index is 1.09. The van der Waals surface area contributed by atoms with Crippen molar-refractivity contribution >= 4 is 39.1 Å². The van der Waals surface area contributed by atoms with Crippen LogP contribution in [0.4, 0.5) is 17.3 Å². The minimum atomic E-state index is 0.621. The topological polar surface area (TPSA) is 59.7 Å². The Bertz CT molecular complexity index is 3040. The molecule has 3 heterocycles. The molecule has 0 bridgehead atoms. The van der Waals surface area contributed by atoms with Crippen LogP contribution in [0.1, 0.15) is 0 Å². The summed E-state index contributed by atoms with van der Waals surface area (Å²) >= 11 is 0. The largest absolute Gasteiger partial charge is 0.280 e. The number of aromatic nitrogens is 5. The van der Waals surface area contributed by atoms with Crippen LogP contribution in [0.2, 0.25) is 0 Å². The van der Waals surface area contributed by atoms with Gasteiger partial charge >= 0.3 is 0 Å². The Morgan fingerprint density at radius 2 is 0.893 bits per heavy atom. The van der Waals surface area contributed by atoms with Crippen LogP contribution in [0.15, 0.2) is 194 Å². The fourth-order valence-electron chi connectivity index (χ4n) is 7.89. The first-order valence-electron chi connectivity index (χ1n) is 18.7. The van der Waals surface area contributed by atoms with Crippen LogP contribution in [0, 0.1) is 0 Å². The minimum absolute atomic E-state index is 0.621. The number of benzene rings is 8. The van der Waals surface area contributed by atoms with Crippen LogP contribution < -0.4 is 4.90 Å². The van der Waals surface area contributed by atoms with Crippen LogP contribution in [0.5, 0.6) is 0 Å². The van der Waals surface area contributed by atoms with E-state index in [1.54, 1.807) is 0 Å². The van der Waals surface area contributed by atoms with Gasteiger partial charge in [0.2, 0.25) is 5.95 Å². The lowest BCUT2D eigenvalue weighted by Gasteiger charge is -2.25.